The van der Waals surface area contributed by atoms with E-state index in [-0.39, 0.29) is 11.5 Å². The molecular weight excluding hydrogens is 262 g/mol. The van der Waals surface area contributed by atoms with Crippen molar-refractivity contribution in [1.82, 2.24) is 9.97 Å². The molecule has 3 unspecified atom stereocenters. The minimum absolute atomic E-state index is 0.257. The van der Waals surface area contributed by atoms with Crippen LogP contribution in [0.1, 0.15) is 52.5 Å². The first-order chi connectivity index (χ1) is 9.90. The van der Waals surface area contributed by atoms with Gasteiger partial charge in [-0.1, -0.05) is 20.8 Å². The lowest BCUT2D eigenvalue weighted by atomic mass is 9.70. The first kappa shape index (κ1) is 14.6. The lowest BCUT2D eigenvalue weighted by molar-refractivity contribution is 0.0268. The predicted octanol–water partition coefficient (Wildman–Crippen LogP) is 3.81. The van der Waals surface area contributed by atoms with Crippen molar-refractivity contribution in [3.63, 3.8) is 0 Å². The highest BCUT2D eigenvalue weighted by molar-refractivity contribution is 5.47. The molecule has 4 nitrogen and oxygen atoms in total. The van der Waals surface area contributed by atoms with Crippen molar-refractivity contribution in [2.45, 2.75) is 60.0 Å². The standard InChI is InChI=1S/C17H27N3O/c1-6-18-14-11(2)15(20-10-19-14)21-13-9-12-7-8-17(13,5)16(12,3)4/h10,12-13H,6-9H2,1-5H3,(H,18,19,20). The van der Waals surface area contributed by atoms with Gasteiger partial charge >= 0.3 is 0 Å². The molecule has 0 aliphatic heterocycles. The Balaban J connectivity index is 1.84. The maximum atomic E-state index is 6.37. The fourth-order valence-corrected chi connectivity index (χ4v) is 4.34. The van der Waals surface area contributed by atoms with Crippen molar-refractivity contribution in [3.05, 3.63) is 11.9 Å². The molecule has 2 fully saturated rings. The van der Waals surface area contributed by atoms with Crippen LogP contribution in [0.3, 0.4) is 0 Å². The minimum Gasteiger partial charge on any atom is -0.473 e. The van der Waals surface area contributed by atoms with Crippen molar-refractivity contribution in [1.29, 1.82) is 0 Å². The van der Waals surface area contributed by atoms with Crippen LogP contribution in [0.25, 0.3) is 0 Å². The normalized spacial score (nSPS) is 33.2. The highest BCUT2D eigenvalue weighted by Gasteiger charge is 2.62. The molecule has 1 aromatic rings. The van der Waals surface area contributed by atoms with Gasteiger partial charge in [-0.05, 0) is 44.4 Å². The van der Waals surface area contributed by atoms with Crippen LogP contribution in [0.2, 0.25) is 0 Å². The van der Waals surface area contributed by atoms with Gasteiger partial charge < -0.3 is 10.1 Å². The van der Waals surface area contributed by atoms with E-state index in [1.54, 1.807) is 6.33 Å². The summed E-state index contributed by atoms with van der Waals surface area (Å²) < 4.78 is 6.37. The molecule has 2 saturated carbocycles. The fourth-order valence-electron chi connectivity index (χ4n) is 4.34. The molecule has 3 rings (SSSR count). The summed E-state index contributed by atoms with van der Waals surface area (Å²) in [5.74, 6) is 2.41. The smallest absolute Gasteiger partial charge is 0.221 e. The Morgan fingerprint density at radius 2 is 2.10 bits per heavy atom. The molecule has 2 aliphatic carbocycles. The largest absolute Gasteiger partial charge is 0.473 e. The molecule has 0 amide bonds. The van der Waals surface area contributed by atoms with Gasteiger partial charge in [0.2, 0.25) is 5.88 Å². The molecule has 1 N–H and O–H groups in total. The zero-order valence-electron chi connectivity index (χ0n) is 13.9. The first-order valence-electron chi connectivity index (χ1n) is 8.12. The minimum atomic E-state index is 0.257. The van der Waals surface area contributed by atoms with Crippen LogP contribution < -0.4 is 10.1 Å². The summed E-state index contributed by atoms with van der Waals surface area (Å²) in [5, 5.41) is 3.27. The third-order valence-corrected chi connectivity index (χ3v) is 6.35. The molecule has 0 saturated heterocycles. The van der Waals surface area contributed by atoms with Crippen LogP contribution in [-0.2, 0) is 0 Å². The monoisotopic (exact) mass is 289 g/mol. The van der Waals surface area contributed by atoms with Crippen molar-refractivity contribution in [2.24, 2.45) is 16.7 Å². The number of aromatic nitrogens is 2. The van der Waals surface area contributed by atoms with E-state index in [1.807, 2.05) is 6.92 Å². The molecule has 2 aliphatic rings. The fraction of sp³-hybridized carbons (Fsp3) is 0.765. The van der Waals surface area contributed by atoms with Crippen LogP contribution in [-0.4, -0.2) is 22.6 Å². The van der Waals surface area contributed by atoms with Crippen molar-refractivity contribution < 1.29 is 4.74 Å². The molecule has 4 heteroatoms. The topological polar surface area (TPSA) is 47.0 Å². The number of ether oxygens (including phenoxy) is 1. The van der Waals surface area contributed by atoms with E-state index in [2.05, 4.69) is 43.0 Å². The Morgan fingerprint density at radius 3 is 2.67 bits per heavy atom. The molecule has 116 valence electrons. The number of fused-ring (bicyclic) bond motifs is 2. The maximum Gasteiger partial charge on any atom is 0.221 e. The average Bonchev–Trinajstić information content (AvgIpc) is 2.76. The van der Waals surface area contributed by atoms with E-state index in [4.69, 9.17) is 4.74 Å². The van der Waals surface area contributed by atoms with Crippen molar-refractivity contribution >= 4 is 5.82 Å². The second-order valence-corrected chi connectivity index (χ2v) is 7.40. The number of nitrogens with one attached hydrogen (secondary N) is 1. The quantitative estimate of drug-likeness (QED) is 0.915. The second-order valence-electron chi connectivity index (χ2n) is 7.40. The SMILES string of the molecule is CCNc1ncnc(OC2CC3CCC2(C)C3(C)C)c1C. The Kier molecular flexibility index (Phi) is 3.38. The molecule has 0 spiro atoms. The molecule has 1 heterocycles. The number of nitrogens with zero attached hydrogens (tertiary/aromatic N) is 2. The Morgan fingerprint density at radius 1 is 1.33 bits per heavy atom. The molecule has 2 bridgehead atoms. The maximum absolute atomic E-state index is 6.37. The predicted molar refractivity (Wildman–Crippen MR) is 84.6 cm³/mol. The van der Waals surface area contributed by atoms with Gasteiger partial charge in [-0.25, -0.2) is 9.97 Å². The van der Waals surface area contributed by atoms with Gasteiger partial charge in [0.25, 0.3) is 0 Å². The zero-order valence-corrected chi connectivity index (χ0v) is 13.9. The lowest BCUT2D eigenvalue weighted by Crippen LogP contribution is -2.39. The van der Waals surface area contributed by atoms with Crippen molar-refractivity contribution in [3.8, 4) is 5.88 Å². The van der Waals surface area contributed by atoms with E-state index in [0.29, 0.717) is 5.41 Å². The summed E-state index contributed by atoms with van der Waals surface area (Å²) in [7, 11) is 0. The lowest BCUT2D eigenvalue weighted by Gasteiger charge is -2.38. The molecule has 3 atom stereocenters. The summed E-state index contributed by atoms with van der Waals surface area (Å²) in [5.41, 5.74) is 1.64. The molecule has 0 aromatic carbocycles. The summed E-state index contributed by atoms with van der Waals surface area (Å²) >= 11 is 0. The average molecular weight is 289 g/mol. The number of hydrogen-bond acceptors (Lipinski definition) is 4. The molecule has 21 heavy (non-hydrogen) atoms. The van der Waals surface area contributed by atoms with E-state index < -0.39 is 0 Å². The first-order valence-corrected chi connectivity index (χ1v) is 8.12. The van der Waals surface area contributed by atoms with Crippen molar-refractivity contribution in [2.75, 3.05) is 11.9 Å². The van der Waals surface area contributed by atoms with E-state index in [1.165, 1.54) is 12.8 Å². The summed E-state index contributed by atoms with van der Waals surface area (Å²) in [6, 6.07) is 0. The zero-order chi connectivity index (χ0) is 15.3. The number of anilines is 1. The Hall–Kier alpha value is -1.32. The van der Waals surface area contributed by atoms with Crippen LogP contribution in [0.4, 0.5) is 5.82 Å². The van der Waals surface area contributed by atoms with Gasteiger partial charge in [0.15, 0.2) is 0 Å². The van der Waals surface area contributed by atoms with Gasteiger partial charge in [0, 0.05) is 12.0 Å². The summed E-state index contributed by atoms with van der Waals surface area (Å²) in [4.78, 5) is 8.67. The van der Waals surface area contributed by atoms with Gasteiger partial charge in [-0.2, -0.15) is 0 Å². The third kappa shape index (κ3) is 2.02. The second kappa shape index (κ2) is 4.85. The van der Waals surface area contributed by atoms with Gasteiger partial charge in [-0.3, -0.25) is 0 Å². The summed E-state index contributed by atoms with van der Waals surface area (Å²) in [6.07, 6.45) is 5.63. The highest BCUT2D eigenvalue weighted by atomic mass is 16.5. The third-order valence-electron chi connectivity index (χ3n) is 6.35. The van der Waals surface area contributed by atoms with Gasteiger partial charge in [-0.15, -0.1) is 0 Å². The Labute approximate surface area is 127 Å². The molecule has 1 aromatic heterocycles. The Bertz CT molecular complexity index is 543. The number of rotatable bonds is 4. The van der Waals surface area contributed by atoms with E-state index in [9.17, 15) is 0 Å². The van der Waals surface area contributed by atoms with Gasteiger partial charge in [0.1, 0.15) is 18.2 Å². The summed E-state index contributed by atoms with van der Waals surface area (Å²) in [6.45, 7) is 12.2. The van der Waals surface area contributed by atoms with Gasteiger partial charge in [0.05, 0.1) is 5.56 Å². The van der Waals surface area contributed by atoms with E-state index >= 15 is 0 Å². The van der Waals surface area contributed by atoms with Crippen LogP contribution in [0.5, 0.6) is 5.88 Å². The van der Waals surface area contributed by atoms with Crippen LogP contribution in [0, 0.1) is 23.7 Å². The molecular formula is C17H27N3O. The van der Waals surface area contributed by atoms with E-state index in [0.717, 1.165) is 36.1 Å². The molecule has 0 radical (unpaired) electrons. The van der Waals surface area contributed by atoms with Crippen LogP contribution >= 0.6 is 0 Å². The van der Waals surface area contributed by atoms with Crippen LogP contribution in [0.15, 0.2) is 6.33 Å². The number of hydrogen-bond donors (Lipinski definition) is 1. The highest BCUT2D eigenvalue weighted by Crippen LogP contribution is 2.66.